The average molecular weight is 252 g/mol. The van der Waals surface area contributed by atoms with Crippen LogP contribution in [0.1, 0.15) is 21.8 Å². The lowest BCUT2D eigenvalue weighted by atomic mass is 10.1. The van der Waals surface area contributed by atoms with Gasteiger partial charge >= 0.3 is 0 Å². The van der Waals surface area contributed by atoms with Crippen LogP contribution in [-0.4, -0.2) is 10.8 Å². The molecular weight excluding hydrogens is 240 g/mol. The molecule has 0 saturated carbocycles. The molecule has 0 aliphatic heterocycles. The Kier molecular flexibility index (Phi) is 2.85. The number of fused-ring (bicyclic) bond motifs is 1. The van der Waals surface area contributed by atoms with Crippen molar-refractivity contribution in [1.82, 2.24) is 4.98 Å². The van der Waals surface area contributed by atoms with E-state index in [0.29, 0.717) is 29.1 Å². The summed E-state index contributed by atoms with van der Waals surface area (Å²) in [4.78, 5) is 16.4. The molecule has 0 amide bonds. The highest BCUT2D eigenvalue weighted by molar-refractivity contribution is 6.08. The van der Waals surface area contributed by atoms with Gasteiger partial charge in [-0.15, -0.1) is 0 Å². The van der Waals surface area contributed by atoms with Gasteiger partial charge in [-0.1, -0.05) is 18.2 Å². The fraction of sp³-hybridized carbons (Fsp3) is 0.0667. The Bertz CT molecular complexity index is 713. The van der Waals surface area contributed by atoms with E-state index >= 15 is 0 Å². The van der Waals surface area contributed by atoms with Crippen molar-refractivity contribution in [2.75, 3.05) is 0 Å². The number of pyridine rings is 1. The molecule has 94 valence electrons. The Hall–Kier alpha value is -2.46. The molecule has 2 heterocycles. The van der Waals surface area contributed by atoms with E-state index in [1.54, 1.807) is 24.4 Å². The van der Waals surface area contributed by atoms with Gasteiger partial charge < -0.3 is 10.2 Å². The maximum Gasteiger partial charge on any atom is 0.228 e. The monoisotopic (exact) mass is 252 g/mol. The van der Waals surface area contributed by atoms with Crippen LogP contribution >= 0.6 is 0 Å². The summed E-state index contributed by atoms with van der Waals surface area (Å²) >= 11 is 0. The third-order valence-corrected chi connectivity index (χ3v) is 2.94. The molecule has 2 aromatic heterocycles. The molecular formula is C15H12N2O2. The van der Waals surface area contributed by atoms with Crippen LogP contribution < -0.4 is 5.73 Å². The zero-order chi connectivity index (χ0) is 13.2. The van der Waals surface area contributed by atoms with Crippen molar-refractivity contribution in [3.05, 3.63) is 65.7 Å². The van der Waals surface area contributed by atoms with Gasteiger partial charge in [-0.3, -0.25) is 9.78 Å². The lowest BCUT2D eigenvalue weighted by Crippen LogP contribution is -2.04. The van der Waals surface area contributed by atoms with Crippen LogP contribution in [0.2, 0.25) is 0 Å². The minimum atomic E-state index is -0.159. The van der Waals surface area contributed by atoms with E-state index in [9.17, 15) is 4.79 Å². The Morgan fingerprint density at radius 3 is 2.84 bits per heavy atom. The predicted octanol–water partition coefficient (Wildman–Crippen LogP) is 2.52. The first kappa shape index (κ1) is 11.6. The number of para-hydroxylation sites is 1. The molecule has 0 unspecified atom stereocenters. The molecule has 2 N–H and O–H groups in total. The van der Waals surface area contributed by atoms with Gasteiger partial charge in [0.25, 0.3) is 0 Å². The Morgan fingerprint density at radius 1 is 1.21 bits per heavy atom. The van der Waals surface area contributed by atoms with Gasteiger partial charge in [0.15, 0.2) is 5.76 Å². The quantitative estimate of drug-likeness (QED) is 0.727. The molecule has 0 spiro atoms. The van der Waals surface area contributed by atoms with Crippen LogP contribution in [-0.2, 0) is 6.54 Å². The number of hydrogen-bond acceptors (Lipinski definition) is 4. The van der Waals surface area contributed by atoms with Crippen molar-refractivity contribution >= 4 is 16.8 Å². The Balaban J connectivity index is 2.02. The molecule has 4 heteroatoms. The highest BCUT2D eigenvalue weighted by Gasteiger charge is 2.14. The SMILES string of the molecule is NCc1cc(C(=O)c2cc3ccccc3o2)ccn1. The van der Waals surface area contributed by atoms with Crippen molar-refractivity contribution in [3.63, 3.8) is 0 Å². The fourth-order valence-electron chi connectivity index (χ4n) is 1.97. The summed E-state index contributed by atoms with van der Waals surface area (Å²) in [5.74, 6) is 0.170. The first-order valence-electron chi connectivity index (χ1n) is 5.96. The first-order chi connectivity index (χ1) is 9.28. The van der Waals surface area contributed by atoms with E-state index in [4.69, 9.17) is 10.2 Å². The predicted molar refractivity (Wildman–Crippen MR) is 71.8 cm³/mol. The molecule has 0 radical (unpaired) electrons. The third-order valence-electron chi connectivity index (χ3n) is 2.94. The molecule has 0 aliphatic rings. The number of hydrogen-bond donors (Lipinski definition) is 1. The number of furan rings is 1. The lowest BCUT2D eigenvalue weighted by molar-refractivity contribution is 0.101. The number of nitrogens with two attached hydrogens (primary N) is 1. The molecule has 0 fully saturated rings. The summed E-state index contributed by atoms with van der Waals surface area (Å²) in [6.45, 7) is 0.307. The molecule has 3 aromatic rings. The van der Waals surface area contributed by atoms with Gasteiger partial charge in [0.1, 0.15) is 5.58 Å². The van der Waals surface area contributed by atoms with E-state index < -0.39 is 0 Å². The molecule has 19 heavy (non-hydrogen) atoms. The largest absolute Gasteiger partial charge is 0.453 e. The molecule has 4 nitrogen and oxygen atoms in total. The fourth-order valence-corrected chi connectivity index (χ4v) is 1.97. The smallest absolute Gasteiger partial charge is 0.228 e. The molecule has 0 aliphatic carbocycles. The average Bonchev–Trinajstić information content (AvgIpc) is 2.90. The van der Waals surface area contributed by atoms with Crippen molar-refractivity contribution in [3.8, 4) is 0 Å². The number of ketones is 1. The van der Waals surface area contributed by atoms with Gasteiger partial charge in [-0.25, -0.2) is 0 Å². The molecule has 0 atom stereocenters. The van der Waals surface area contributed by atoms with Crippen LogP contribution in [0.3, 0.4) is 0 Å². The second kappa shape index (κ2) is 4.66. The van der Waals surface area contributed by atoms with Gasteiger partial charge in [-0.05, 0) is 24.3 Å². The lowest BCUT2D eigenvalue weighted by Gasteiger charge is -1.99. The number of benzene rings is 1. The van der Waals surface area contributed by atoms with Gasteiger partial charge in [0.2, 0.25) is 5.78 Å². The normalized spacial score (nSPS) is 10.8. The van der Waals surface area contributed by atoms with E-state index in [1.807, 2.05) is 24.3 Å². The second-order valence-corrected chi connectivity index (χ2v) is 4.22. The molecule has 3 rings (SSSR count). The number of rotatable bonds is 3. The highest BCUT2D eigenvalue weighted by Crippen LogP contribution is 2.21. The van der Waals surface area contributed by atoms with Crippen molar-refractivity contribution < 1.29 is 9.21 Å². The highest BCUT2D eigenvalue weighted by atomic mass is 16.3. The zero-order valence-corrected chi connectivity index (χ0v) is 10.2. The van der Waals surface area contributed by atoms with Crippen LogP contribution in [0.5, 0.6) is 0 Å². The Morgan fingerprint density at radius 2 is 2.05 bits per heavy atom. The topological polar surface area (TPSA) is 69.1 Å². The van der Waals surface area contributed by atoms with Crippen LogP contribution in [0.15, 0.2) is 53.1 Å². The summed E-state index contributed by atoms with van der Waals surface area (Å²) in [6.07, 6.45) is 1.58. The van der Waals surface area contributed by atoms with Crippen molar-refractivity contribution in [2.24, 2.45) is 5.73 Å². The molecule has 0 saturated heterocycles. The number of carbonyl (C=O) groups is 1. The molecule has 0 bridgehead atoms. The van der Waals surface area contributed by atoms with E-state index in [-0.39, 0.29) is 5.78 Å². The van der Waals surface area contributed by atoms with Crippen LogP contribution in [0, 0.1) is 0 Å². The number of carbonyl (C=O) groups excluding carboxylic acids is 1. The van der Waals surface area contributed by atoms with Crippen LogP contribution in [0.25, 0.3) is 11.0 Å². The third kappa shape index (κ3) is 2.13. The van der Waals surface area contributed by atoms with E-state index in [1.165, 1.54) is 0 Å². The minimum absolute atomic E-state index is 0.159. The first-order valence-corrected chi connectivity index (χ1v) is 5.96. The van der Waals surface area contributed by atoms with Crippen molar-refractivity contribution in [1.29, 1.82) is 0 Å². The second-order valence-electron chi connectivity index (χ2n) is 4.22. The maximum atomic E-state index is 12.3. The number of aromatic nitrogens is 1. The van der Waals surface area contributed by atoms with Gasteiger partial charge in [0, 0.05) is 23.7 Å². The summed E-state index contributed by atoms with van der Waals surface area (Å²) in [7, 11) is 0. The summed E-state index contributed by atoms with van der Waals surface area (Å²) in [5, 5.41) is 0.916. The maximum absolute atomic E-state index is 12.3. The summed E-state index contributed by atoms with van der Waals surface area (Å²) in [6, 6.07) is 12.6. The van der Waals surface area contributed by atoms with Crippen molar-refractivity contribution in [2.45, 2.75) is 6.54 Å². The minimum Gasteiger partial charge on any atom is -0.453 e. The standard InChI is InChI=1S/C15H12N2O2/c16-9-12-7-11(5-6-17-12)15(18)14-8-10-3-1-2-4-13(10)19-14/h1-8H,9,16H2. The van der Waals surface area contributed by atoms with Crippen LogP contribution in [0.4, 0.5) is 0 Å². The summed E-state index contributed by atoms with van der Waals surface area (Å²) in [5.41, 5.74) is 7.45. The Labute approximate surface area is 109 Å². The van der Waals surface area contributed by atoms with E-state index in [0.717, 1.165) is 5.39 Å². The number of nitrogens with zero attached hydrogens (tertiary/aromatic N) is 1. The van der Waals surface area contributed by atoms with Gasteiger partial charge in [0.05, 0.1) is 5.69 Å². The van der Waals surface area contributed by atoms with E-state index in [2.05, 4.69) is 4.98 Å². The summed E-state index contributed by atoms with van der Waals surface area (Å²) < 4.78 is 5.56. The zero-order valence-electron chi connectivity index (χ0n) is 10.2. The molecule has 1 aromatic carbocycles. The van der Waals surface area contributed by atoms with Gasteiger partial charge in [-0.2, -0.15) is 0 Å².